The first-order valence-corrected chi connectivity index (χ1v) is 0.612. The average Bonchev–Trinajstić information content (AvgIpc) is 0.811. The second-order valence-electron chi connectivity index (χ2n) is 0.250. The zero-order chi connectivity index (χ0) is 3.58. The summed E-state index contributed by atoms with van der Waals surface area (Å²) in [4.78, 5) is 8.33. The van der Waals surface area contributed by atoms with E-state index in [4.69, 9.17) is 15.0 Å². The van der Waals surface area contributed by atoms with E-state index in [1.54, 1.807) is 0 Å². The van der Waals surface area contributed by atoms with Gasteiger partial charge in [-0.1, -0.05) is 0 Å². The van der Waals surface area contributed by atoms with Gasteiger partial charge in [-0.25, -0.2) is 0 Å². The van der Waals surface area contributed by atoms with Crippen molar-refractivity contribution in [2.24, 2.45) is 0 Å². The summed E-state index contributed by atoms with van der Waals surface area (Å²) in [6.45, 7) is 0. The minimum atomic E-state index is -2.33. The Morgan fingerprint density at radius 2 is 1.00 bits per heavy atom. The van der Waals surface area contributed by atoms with Crippen LogP contribution in [0.4, 0.5) is 4.79 Å². The van der Waals surface area contributed by atoms with Gasteiger partial charge in [-0.2, -0.15) is 0 Å². The molecule has 0 aromatic heterocycles. The quantitative estimate of drug-likeness (QED) is 0.392. The fourth-order valence-electron chi connectivity index (χ4n) is 0. The third-order valence-electron chi connectivity index (χ3n) is 0. The van der Waals surface area contributed by atoms with E-state index in [0.717, 1.165) is 0 Å². The van der Waals surface area contributed by atoms with E-state index in [0.29, 0.717) is 0 Å². The molecule has 0 saturated carbocycles. The van der Waals surface area contributed by atoms with Crippen LogP contribution < -0.4 is 47.9 Å². The zero-order valence-corrected chi connectivity index (χ0v) is 9.77. The third-order valence-corrected chi connectivity index (χ3v) is 0. The largest absolute Gasteiger partial charge is 2.00 e. The Hall–Kier alpha value is 1.96. The van der Waals surface area contributed by atoms with Gasteiger partial charge in [0.25, 0.3) is 0 Å². The van der Waals surface area contributed by atoms with Gasteiger partial charge in [0.1, 0.15) is 0 Å². The van der Waals surface area contributed by atoms with Gasteiger partial charge in [-0.3, -0.25) is 0 Å². The van der Waals surface area contributed by atoms with Crippen molar-refractivity contribution in [1.82, 2.24) is 0 Å². The van der Waals surface area contributed by atoms with Gasteiger partial charge in [0, 0.05) is 0 Å². The number of hydrogen-bond donors (Lipinski definition) is 0. The first kappa shape index (κ1) is 44.2. The second-order valence-corrected chi connectivity index (χ2v) is 0.250. The van der Waals surface area contributed by atoms with Crippen LogP contribution in [0.1, 0.15) is 0 Å². The SMILES string of the molecule is O=C([O-])[O-].[Ba+2].[Li+].[Li+].[OH-].[OH-]. The Bertz CT molecular complexity index is 37.9. The van der Waals surface area contributed by atoms with Gasteiger partial charge >= 0.3 is 86.6 Å². The van der Waals surface area contributed by atoms with Crippen LogP contribution >= 0.6 is 0 Å². The van der Waals surface area contributed by atoms with E-state index in [9.17, 15) is 0 Å². The number of hydrogen-bond acceptors (Lipinski definition) is 5. The Labute approximate surface area is 117 Å². The van der Waals surface area contributed by atoms with Gasteiger partial charge in [0.2, 0.25) is 0 Å². The van der Waals surface area contributed by atoms with E-state index in [-0.39, 0.29) is 97.6 Å². The summed E-state index contributed by atoms with van der Waals surface area (Å²) in [6.07, 6.45) is -2.33. The molecule has 9 heavy (non-hydrogen) atoms. The van der Waals surface area contributed by atoms with Crippen molar-refractivity contribution >= 4 is 55.0 Å². The molecular weight excluding hydrogens is 243 g/mol. The molecule has 5 nitrogen and oxygen atoms in total. The summed E-state index contributed by atoms with van der Waals surface area (Å²) < 4.78 is 0. The molecule has 40 valence electrons. The van der Waals surface area contributed by atoms with E-state index in [1.165, 1.54) is 0 Å². The van der Waals surface area contributed by atoms with Crippen LogP contribution in [-0.4, -0.2) is 66.0 Å². The Kier molecular flexibility index (Phi) is 160. The van der Waals surface area contributed by atoms with Crippen LogP contribution in [0.15, 0.2) is 0 Å². The van der Waals surface area contributed by atoms with Crippen molar-refractivity contribution < 1.29 is 63.7 Å². The summed E-state index contributed by atoms with van der Waals surface area (Å²) in [7, 11) is 0. The van der Waals surface area contributed by atoms with Crippen LogP contribution in [0.25, 0.3) is 0 Å². The minimum absolute atomic E-state index is 0. The minimum Gasteiger partial charge on any atom is -0.870 e. The molecule has 0 rings (SSSR count). The predicted octanol–water partition coefficient (Wildman–Crippen LogP) is -9.17. The first-order valence-electron chi connectivity index (χ1n) is 0.612. The standard InChI is InChI=1S/CH2O3.Ba.2Li.2H2O/c2-1(3)4;;;;;/h(H2,2,3,4);;;;2*1H2/q;+2;2*+1;;/p-4. The third kappa shape index (κ3) is 165. The second kappa shape index (κ2) is 32.5. The van der Waals surface area contributed by atoms with Crippen molar-refractivity contribution in [1.29, 1.82) is 0 Å². The van der Waals surface area contributed by atoms with Crippen LogP contribution in [0.5, 0.6) is 0 Å². The molecule has 0 saturated heterocycles. The van der Waals surface area contributed by atoms with E-state index in [1.807, 2.05) is 0 Å². The molecule has 0 spiro atoms. The fraction of sp³-hybridized carbons (Fsp3) is 0. The molecular formula is CH2BaLi2O5. The molecule has 0 aliphatic carbocycles. The smallest absolute Gasteiger partial charge is 0.870 e. The fourth-order valence-corrected chi connectivity index (χ4v) is 0. The number of carbonyl (C=O) groups excluding carboxylic acids is 1. The maximum absolute atomic E-state index is 8.33. The predicted molar refractivity (Wildman–Crippen MR) is 15.0 cm³/mol. The number of carbonyl (C=O) groups is 1. The van der Waals surface area contributed by atoms with Crippen molar-refractivity contribution in [2.45, 2.75) is 0 Å². The number of carboxylic acid groups (broad SMARTS) is 2. The Morgan fingerprint density at radius 1 is 1.00 bits per heavy atom. The molecule has 0 aromatic rings. The molecule has 0 aromatic carbocycles. The maximum Gasteiger partial charge on any atom is 2.00 e. The molecule has 0 fully saturated rings. The van der Waals surface area contributed by atoms with Gasteiger partial charge in [0.05, 0.1) is 0 Å². The monoisotopic (exact) mass is 246 g/mol. The normalized spacial score (nSPS) is 2.67. The van der Waals surface area contributed by atoms with Gasteiger partial charge in [-0.05, 0) is 6.16 Å². The van der Waals surface area contributed by atoms with Crippen molar-refractivity contribution in [3.8, 4) is 0 Å². The van der Waals surface area contributed by atoms with Gasteiger partial charge in [-0.15, -0.1) is 0 Å². The molecule has 0 aliphatic heterocycles. The Balaban J connectivity index is -0.00000000450. The first-order chi connectivity index (χ1) is 1.73. The molecule has 0 aliphatic rings. The zero-order valence-electron chi connectivity index (χ0n) is 5.33. The summed E-state index contributed by atoms with van der Waals surface area (Å²) in [6, 6.07) is 0. The molecule has 0 radical (unpaired) electrons. The van der Waals surface area contributed by atoms with E-state index < -0.39 is 6.16 Å². The van der Waals surface area contributed by atoms with Crippen LogP contribution in [0, 0.1) is 0 Å². The van der Waals surface area contributed by atoms with Crippen molar-refractivity contribution in [2.75, 3.05) is 0 Å². The summed E-state index contributed by atoms with van der Waals surface area (Å²) in [5, 5.41) is 16.7. The molecule has 0 heterocycles. The van der Waals surface area contributed by atoms with Crippen molar-refractivity contribution in [3.63, 3.8) is 0 Å². The van der Waals surface area contributed by atoms with Crippen LogP contribution in [0.3, 0.4) is 0 Å². The van der Waals surface area contributed by atoms with Gasteiger partial charge in [0.15, 0.2) is 0 Å². The van der Waals surface area contributed by atoms with Crippen molar-refractivity contribution in [3.05, 3.63) is 0 Å². The average molecular weight is 245 g/mol. The number of rotatable bonds is 0. The topological polar surface area (TPSA) is 123 Å². The molecule has 0 unspecified atom stereocenters. The molecule has 2 N–H and O–H groups in total. The Morgan fingerprint density at radius 3 is 1.00 bits per heavy atom. The summed E-state index contributed by atoms with van der Waals surface area (Å²) >= 11 is 0. The molecule has 0 amide bonds. The van der Waals surface area contributed by atoms with Gasteiger partial charge < -0.3 is 26.0 Å². The maximum atomic E-state index is 8.33. The summed E-state index contributed by atoms with van der Waals surface area (Å²) in [5.41, 5.74) is 0. The molecule has 0 atom stereocenters. The van der Waals surface area contributed by atoms with E-state index >= 15 is 0 Å². The van der Waals surface area contributed by atoms with Crippen LogP contribution in [-0.2, 0) is 0 Å². The van der Waals surface area contributed by atoms with Crippen LogP contribution in [0.2, 0.25) is 0 Å². The molecule has 8 heteroatoms. The summed E-state index contributed by atoms with van der Waals surface area (Å²) in [5.74, 6) is 0. The van der Waals surface area contributed by atoms with E-state index in [2.05, 4.69) is 0 Å². The molecule has 0 bridgehead atoms.